The predicted octanol–water partition coefficient (Wildman–Crippen LogP) is 3.81. The molecule has 9 heteroatoms. The zero-order chi connectivity index (χ0) is 17.1. The van der Waals surface area contributed by atoms with Gasteiger partial charge in [0.2, 0.25) is 0 Å². The maximum Gasteiger partial charge on any atom is 0.272 e. The van der Waals surface area contributed by atoms with E-state index in [2.05, 4.69) is 10.2 Å². The van der Waals surface area contributed by atoms with Crippen LogP contribution in [0.25, 0.3) is 0 Å². The maximum absolute atomic E-state index is 14.1. The van der Waals surface area contributed by atoms with Gasteiger partial charge in [0.15, 0.2) is 11.6 Å². The number of benzene rings is 1. The van der Waals surface area contributed by atoms with Gasteiger partial charge in [-0.15, -0.1) is 24.8 Å². The zero-order valence-electron chi connectivity index (χ0n) is 14.5. The van der Waals surface area contributed by atoms with Crippen LogP contribution in [0.4, 0.5) is 10.1 Å². The van der Waals surface area contributed by atoms with Crippen molar-refractivity contribution in [1.82, 2.24) is 10.2 Å². The fourth-order valence-corrected chi connectivity index (χ4v) is 4.10. The summed E-state index contributed by atoms with van der Waals surface area (Å²) in [5.41, 5.74) is 0.0757. The fraction of sp³-hybridized carbons (Fsp3) is 0.647. The van der Waals surface area contributed by atoms with Crippen LogP contribution in [0.5, 0.6) is 5.75 Å². The van der Waals surface area contributed by atoms with Gasteiger partial charge in [-0.05, 0) is 18.8 Å². The van der Waals surface area contributed by atoms with E-state index in [1.807, 2.05) is 0 Å². The number of phenolic OH excluding ortho intramolecular Hbond substituents is 1. The van der Waals surface area contributed by atoms with E-state index in [1.165, 1.54) is 12.5 Å². The number of aromatic hydroxyl groups is 1. The first-order valence-electron chi connectivity index (χ1n) is 8.69. The summed E-state index contributed by atoms with van der Waals surface area (Å²) in [5.74, 6) is -1.05. The molecule has 2 N–H and O–H groups in total. The Labute approximate surface area is 165 Å². The number of non-ortho nitro benzene ring substituents is 1. The van der Waals surface area contributed by atoms with E-state index in [0.717, 1.165) is 57.9 Å². The SMILES string of the molecule is Cl.Cl.O=[N+]([O-])c1cc(F)c(O)c([C@H](C2CCCCC2)N2CCNCC2)c1. The van der Waals surface area contributed by atoms with Crippen LogP contribution in [0.1, 0.15) is 43.7 Å². The van der Waals surface area contributed by atoms with Crippen molar-refractivity contribution in [3.8, 4) is 5.75 Å². The van der Waals surface area contributed by atoms with Gasteiger partial charge >= 0.3 is 0 Å². The smallest absolute Gasteiger partial charge is 0.272 e. The molecule has 1 saturated heterocycles. The van der Waals surface area contributed by atoms with E-state index in [-0.39, 0.29) is 36.5 Å². The Hall–Kier alpha value is -1.15. The molecule has 1 atom stereocenters. The standard InChI is InChI=1S/C17H24FN3O3.2ClH/c18-15-11-13(21(23)24)10-14(17(15)22)16(12-4-2-1-3-5-12)20-8-6-19-7-9-20;;/h10-12,16,19,22H,1-9H2;2*1H/t16-;;/m0../s1. The molecule has 0 amide bonds. The van der Waals surface area contributed by atoms with Gasteiger partial charge in [0.25, 0.3) is 5.69 Å². The van der Waals surface area contributed by atoms with Gasteiger partial charge in [-0.1, -0.05) is 19.3 Å². The second-order valence-corrected chi connectivity index (χ2v) is 6.75. The molecule has 1 aliphatic heterocycles. The van der Waals surface area contributed by atoms with Crippen LogP contribution in [0.15, 0.2) is 12.1 Å². The minimum absolute atomic E-state index is 0. The Kier molecular flexibility index (Phi) is 9.03. The largest absolute Gasteiger partial charge is 0.505 e. The molecule has 1 heterocycles. The molecule has 2 fully saturated rings. The number of nitro groups is 1. The summed E-state index contributed by atoms with van der Waals surface area (Å²) in [5, 5.41) is 24.7. The van der Waals surface area contributed by atoms with Crippen LogP contribution in [-0.4, -0.2) is 41.1 Å². The Morgan fingerprint density at radius 2 is 1.81 bits per heavy atom. The van der Waals surface area contributed by atoms with Gasteiger partial charge in [0.05, 0.1) is 11.0 Å². The number of hydrogen-bond donors (Lipinski definition) is 2. The monoisotopic (exact) mass is 409 g/mol. The highest BCUT2D eigenvalue weighted by molar-refractivity contribution is 5.85. The molecule has 26 heavy (non-hydrogen) atoms. The molecular formula is C17H26Cl2FN3O3. The highest BCUT2D eigenvalue weighted by Crippen LogP contribution is 2.43. The van der Waals surface area contributed by atoms with Crippen LogP contribution in [0, 0.1) is 21.8 Å². The summed E-state index contributed by atoms with van der Waals surface area (Å²) in [4.78, 5) is 12.8. The molecule has 1 aromatic rings. The lowest BCUT2D eigenvalue weighted by Gasteiger charge is -2.41. The van der Waals surface area contributed by atoms with E-state index in [1.54, 1.807) is 0 Å². The molecule has 1 aliphatic carbocycles. The summed E-state index contributed by atoms with van der Waals surface area (Å²) in [7, 11) is 0. The quantitative estimate of drug-likeness (QED) is 0.583. The predicted molar refractivity (Wildman–Crippen MR) is 103 cm³/mol. The molecule has 6 nitrogen and oxygen atoms in total. The van der Waals surface area contributed by atoms with E-state index in [0.29, 0.717) is 11.5 Å². The third kappa shape index (κ3) is 4.97. The Morgan fingerprint density at radius 1 is 1.19 bits per heavy atom. The number of nitrogens with one attached hydrogen (secondary N) is 1. The van der Waals surface area contributed by atoms with E-state index >= 15 is 0 Å². The third-order valence-electron chi connectivity index (χ3n) is 5.25. The first-order valence-corrected chi connectivity index (χ1v) is 8.69. The lowest BCUT2D eigenvalue weighted by atomic mass is 9.79. The molecule has 2 aliphatic rings. The van der Waals surface area contributed by atoms with Crippen molar-refractivity contribution >= 4 is 30.5 Å². The summed E-state index contributed by atoms with van der Waals surface area (Å²) in [6, 6.07) is 2.00. The topological polar surface area (TPSA) is 78.6 Å². The van der Waals surface area contributed by atoms with Gasteiger partial charge in [-0.25, -0.2) is 4.39 Å². The van der Waals surface area contributed by atoms with Crippen LogP contribution >= 0.6 is 24.8 Å². The summed E-state index contributed by atoms with van der Waals surface area (Å²) in [6.07, 6.45) is 5.45. The zero-order valence-corrected chi connectivity index (χ0v) is 16.2. The minimum Gasteiger partial charge on any atom is -0.505 e. The summed E-state index contributed by atoms with van der Waals surface area (Å²) < 4.78 is 14.1. The van der Waals surface area contributed by atoms with Gasteiger partial charge in [0, 0.05) is 43.9 Å². The van der Waals surface area contributed by atoms with Crippen molar-refractivity contribution in [2.45, 2.75) is 38.1 Å². The molecule has 0 unspecified atom stereocenters. The Morgan fingerprint density at radius 3 is 2.38 bits per heavy atom. The Bertz CT molecular complexity index is 591. The number of halogens is 3. The van der Waals surface area contributed by atoms with Crippen LogP contribution in [0.3, 0.4) is 0 Å². The second-order valence-electron chi connectivity index (χ2n) is 6.75. The van der Waals surface area contributed by atoms with Gasteiger partial charge < -0.3 is 10.4 Å². The highest BCUT2D eigenvalue weighted by Gasteiger charge is 2.34. The number of hydrogen-bond acceptors (Lipinski definition) is 5. The number of nitro benzene ring substituents is 1. The molecule has 0 aromatic heterocycles. The molecule has 148 valence electrons. The molecule has 0 radical (unpaired) electrons. The van der Waals surface area contributed by atoms with Crippen molar-refractivity contribution in [3.05, 3.63) is 33.6 Å². The van der Waals surface area contributed by atoms with Crippen molar-refractivity contribution in [3.63, 3.8) is 0 Å². The van der Waals surface area contributed by atoms with E-state index in [4.69, 9.17) is 0 Å². The fourth-order valence-electron chi connectivity index (χ4n) is 4.10. The van der Waals surface area contributed by atoms with Crippen molar-refractivity contribution in [2.24, 2.45) is 5.92 Å². The maximum atomic E-state index is 14.1. The molecule has 1 saturated carbocycles. The Balaban J connectivity index is 0.00000169. The van der Waals surface area contributed by atoms with Crippen LogP contribution in [0.2, 0.25) is 0 Å². The van der Waals surface area contributed by atoms with E-state index in [9.17, 15) is 19.6 Å². The minimum atomic E-state index is -0.907. The number of rotatable bonds is 4. The molecule has 0 spiro atoms. The summed E-state index contributed by atoms with van der Waals surface area (Å²) >= 11 is 0. The van der Waals surface area contributed by atoms with E-state index < -0.39 is 16.5 Å². The first-order chi connectivity index (χ1) is 11.6. The van der Waals surface area contributed by atoms with Crippen molar-refractivity contribution in [1.29, 1.82) is 0 Å². The first kappa shape index (κ1) is 22.9. The van der Waals surface area contributed by atoms with Gasteiger partial charge in [0.1, 0.15) is 0 Å². The molecular weight excluding hydrogens is 384 g/mol. The highest BCUT2D eigenvalue weighted by atomic mass is 35.5. The third-order valence-corrected chi connectivity index (χ3v) is 5.25. The average Bonchev–Trinajstić information content (AvgIpc) is 2.60. The molecule has 0 bridgehead atoms. The lowest BCUT2D eigenvalue weighted by Crippen LogP contribution is -2.47. The molecule has 3 rings (SSSR count). The van der Waals surface area contributed by atoms with Gasteiger partial charge in [-0.3, -0.25) is 15.0 Å². The molecule has 1 aromatic carbocycles. The van der Waals surface area contributed by atoms with Crippen molar-refractivity contribution in [2.75, 3.05) is 26.2 Å². The van der Waals surface area contributed by atoms with Gasteiger partial charge in [-0.2, -0.15) is 0 Å². The average molecular weight is 410 g/mol. The number of phenols is 1. The normalized spacial score (nSPS) is 19.9. The number of piperazine rings is 1. The van der Waals surface area contributed by atoms with Crippen molar-refractivity contribution < 1.29 is 14.4 Å². The number of nitrogens with zero attached hydrogens (tertiary/aromatic N) is 2. The van der Waals surface area contributed by atoms with Crippen LogP contribution in [-0.2, 0) is 0 Å². The second kappa shape index (κ2) is 10.3. The lowest BCUT2D eigenvalue weighted by molar-refractivity contribution is -0.385. The summed E-state index contributed by atoms with van der Waals surface area (Å²) in [6.45, 7) is 3.26. The van der Waals surface area contributed by atoms with Crippen LogP contribution < -0.4 is 5.32 Å².